The molecule has 0 atom stereocenters. The monoisotopic (exact) mass is 469 g/mol. The smallest absolute Gasteiger partial charge is 0.422 e. The Kier molecular flexibility index (Phi) is 6.01. The molecule has 2 amide bonds. The molecular formula is C26H28ClNO5. The summed E-state index contributed by atoms with van der Waals surface area (Å²) in [6, 6.07) is 10.9. The predicted molar refractivity (Wildman–Crippen MR) is 129 cm³/mol. The number of hydrogen-bond acceptors (Lipinski definition) is 5. The molecule has 2 aliphatic heterocycles. The third-order valence-corrected chi connectivity index (χ3v) is 5.68. The summed E-state index contributed by atoms with van der Waals surface area (Å²) in [4.78, 5) is 27.4. The lowest BCUT2D eigenvalue weighted by molar-refractivity contribution is -0.120. The van der Waals surface area contributed by atoms with Gasteiger partial charge in [-0.1, -0.05) is 36.2 Å². The van der Waals surface area contributed by atoms with Crippen molar-refractivity contribution in [2.45, 2.75) is 40.2 Å². The fraction of sp³-hybridized carbons (Fsp3) is 0.385. The summed E-state index contributed by atoms with van der Waals surface area (Å²) in [6.07, 6.45) is 1.03. The molecule has 2 aromatic rings. The number of carbonyl (C=O) groups is 2. The van der Waals surface area contributed by atoms with Gasteiger partial charge >= 0.3 is 6.09 Å². The van der Waals surface area contributed by atoms with E-state index in [0.29, 0.717) is 47.4 Å². The zero-order valence-corrected chi connectivity index (χ0v) is 20.3. The first-order valence-electron chi connectivity index (χ1n) is 10.9. The number of halogens is 1. The van der Waals surface area contributed by atoms with Crippen LogP contribution < -0.4 is 9.64 Å². The summed E-state index contributed by atoms with van der Waals surface area (Å²) in [6.45, 7) is 11.2. The van der Waals surface area contributed by atoms with Crippen LogP contribution in [0.4, 0.5) is 10.5 Å². The van der Waals surface area contributed by atoms with Gasteiger partial charge in [-0.15, -0.1) is 0 Å². The second-order valence-electron chi connectivity index (χ2n) is 9.97. The Morgan fingerprint density at radius 3 is 2.58 bits per heavy atom. The standard InChI is InChI=1S/C26H28ClNO5/c1-16-6-9-22(32-15-26(5)13-31-14-26)17(10-16)11-20-19-8-7-18(27)12-21(19)28(23(20)29)24(30)33-25(2,3)4/h6-12H,13-15H2,1-5H3/b20-11+. The number of benzene rings is 2. The van der Waals surface area contributed by atoms with Crippen molar-refractivity contribution in [1.29, 1.82) is 0 Å². The van der Waals surface area contributed by atoms with E-state index >= 15 is 0 Å². The van der Waals surface area contributed by atoms with Crippen LogP contribution in [-0.2, 0) is 14.3 Å². The fourth-order valence-corrected chi connectivity index (χ4v) is 3.91. The van der Waals surface area contributed by atoms with E-state index in [2.05, 4.69) is 6.92 Å². The molecule has 1 saturated heterocycles. The van der Waals surface area contributed by atoms with E-state index in [9.17, 15) is 9.59 Å². The van der Waals surface area contributed by atoms with E-state index in [1.54, 1.807) is 45.0 Å². The molecule has 1 fully saturated rings. The molecule has 0 radical (unpaired) electrons. The van der Waals surface area contributed by atoms with E-state index in [1.807, 2.05) is 25.1 Å². The molecule has 2 aliphatic rings. The number of amides is 2. The Balaban J connectivity index is 1.73. The molecule has 0 N–H and O–H groups in total. The van der Waals surface area contributed by atoms with Crippen LogP contribution in [0.15, 0.2) is 36.4 Å². The van der Waals surface area contributed by atoms with Crippen LogP contribution in [0.3, 0.4) is 0 Å². The first kappa shape index (κ1) is 23.3. The summed E-state index contributed by atoms with van der Waals surface area (Å²) in [5, 5.41) is 0.423. The largest absolute Gasteiger partial charge is 0.492 e. The number of anilines is 1. The van der Waals surface area contributed by atoms with E-state index in [1.165, 1.54) is 0 Å². The average molecular weight is 470 g/mol. The van der Waals surface area contributed by atoms with E-state index in [4.69, 9.17) is 25.8 Å². The molecule has 2 heterocycles. The highest BCUT2D eigenvalue weighted by Gasteiger charge is 2.39. The number of nitrogens with zero attached hydrogens (tertiary/aromatic N) is 1. The summed E-state index contributed by atoms with van der Waals surface area (Å²) in [7, 11) is 0. The van der Waals surface area contributed by atoms with Gasteiger partial charge in [0.25, 0.3) is 5.91 Å². The molecule has 33 heavy (non-hydrogen) atoms. The van der Waals surface area contributed by atoms with Crippen molar-refractivity contribution in [2.75, 3.05) is 24.7 Å². The topological polar surface area (TPSA) is 65.1 Å². The Morgan fingerprint density at radius 1 is 1.21 bits per heavy atom. The van der Waals surface area contributed by atoms with Crippen LogP contribution in [0.25, 0.3) is 11.6 Å². The van der Waals surface area contributed by atoms with Gasteiger partial charge in [0, 0.05) is 21.6 Å². The van der Waals surface area contributed by atoms with Crippen molar-refractivity contribution in [2.24, 2.45) is 5.41 Å². The fourth-order valence-electron chi connectivity index (χ4n) is 3.74. The van der Waals surface area contributed by atoms with Crippen LogP contribution in [-0.4, -0.2) is 37.4 Å². The minimum atomic E-state index is -0.749. The third-order valence-electron chi connectivity index (χ3n) is 5.44. The highest BCUT2D eigenvalue weighted by molar-refractivity contribution is 6.42. The van der Waals surface area contributed by atoms with Gasteiger partial charge in [0.05, 0.1) is 31.1 Å². The molecule has 0 unspecified atom stereocenters. The van der Waals surface area contributed by atoms with Gasteiger partial charge in [-0.2, -0.15) is 0 Å². The van der Waals surface area contributed by atoms with Crippen molar-refractivity contribution in [3.63, 3.8) is 0 Å². The van der Waals surface area contributed by atoms with Crippen molar-refractivity contribution >= 4 is 40.9 Å². The highest BCUT2D eigenvalue weighted by Crippen LogP contribution is 2.41. The SMILES string of the molecule is Cc1ccc(OCC2(C)COC2)c(/C=C2/C(=O)N(C(=O)OC(C)(C)C)c3cc(Cl)ccc32)c1. The van der Waals surface area contributed by atoms with Crippen molar-refractivity contribution < 1.29 is 23.8 Å². The maximum atomic E-state index is 13.4. The molecule has 174 valence electrons. The number of rotatable bonds is 4. The molecule has 0 bridgehead atoms. The predicted octanol–water partition coefficient (Wildman–Crippen LogP) is 5.89. The Labute approximate surface area is 199 Å². The van der Waals surface area contributed by atoms with Crippen LogP contribution >= 0.6 is 11.6 Å². The van der Waals surface area contributed by atoms with Gasteiger partial charge in [-0.25, -0.2) is 9.69 Å². The van der Waals surface area contributed by atoms with Gasteiger partial charge in [0.1, 0.15) is 11.4 Å². The van der Waals surface area contributed by atoms with Crippen molar-refractivity contribution in [3.8, 4) is 5.75 Å². The number of imide groups is 1. The molecule has 0 aliphatic carbocycles. The molecule has 4 rings (SSSR count). The zero-order chi connectivity index (χ0) is 24.0. The maximum absolute atomic E-state index is 13.4. The van der Waals surface area contributed by atoms with Crippen molar-refractivity contribution in [1.82, 2.24) is 0 Å². The maximum Gasteiger partial charge on any atom is 0.422 e. The second kappa shape index (κ2) is 8.50. The minimum Gasteiger partial charge on any atom is -0.492 e. The van der Waals surface area contributed by atoms with E-state index in [0.717, 1.165) is 16.0 Å². The van der Waals surface area contributed by atoms with Gasteiger partial charge in [-0.3, -0.25) is 4.79 Å². The lowest BCUT2D eigenvalue weighted by Crippen LogP contribution is -2.44. The Morgan fingerprint density at radius 2 is 1.94 bits per heavy atom. The summed E-state index contributed by atoms with van der Waals surface area (Å²) in [5.74, 6) is 0.202. The first-order valence-corrected chi connectivity index (χ1v) is 11.2. The molecule has 0 saturated carbocycles. The molecule has 0 aromatic heterocycles. The van der Waals surface area contributed by atoms with Crippen molar-refractivity contribution in [3.05, 3.63) is 58.1 Å². The molecule has 6 nitrogen and oxygen atoms in total. The number of hydrogen-bond donors (Lipinski definition) is 0. The van der Waals surface area contributed by atoms with Gasteiger partial charge in [0.2, 0.25) is 0 Å². The Bertz CT molecular complexity index is 1140. The van der Waals surface area contributed by atoms with Gasteiger partial charge < -0.3 is 14.2 Å². The third kappa shape index (κ3) is 4.92. The highest BCUT2D eigenvalue weighted by atomic mass is 35.5. The number of aryl methyl sites for hydroxylation is 1. The minimum absolute atomic E-state index is 0.0185. The molecular weight excluding hydrogens is 442 g/mol. The number of carbonyl (C=O) groups excluding carboxylic acids is 2. The average Bonchev–Trinajstić information content (AvgIpc) is 2.95. The summed E-state index contributed by atoms with van der Waals surface area (Å²) >= 11 is 6.19. The van der Waals surface area contributed by atoms with Crippen LogP contribution in [0, 0.1) is 12.3 Å². The molecule has 0 spiro atoms. The normalized spacial score (nSPS) is 18.2. The quantitative estimate of drug-likeness (QED) is 0.522. The van der Waals surface area contributed by atoms with Gasteiger partial charge in [0.15, 0.2) is 0 Å². The van der Waals surface area contributed by atoms with E-state index < -0.39 is 17.6 Å². The van der Waals surface area contributed by atoms with Crippen LogP contribution in [0.5, 0.6) is 5.75 Å². The zero-order valence-electron chi connectivity index (χ0n) is 19.5. The molecule has 7 heteroatoms. The number of ether oxygens (including phenoxy) is 3. The first-order chi connectivity index (χ1) is 15.5. The van der Waals surface area contributed by atoms with E-state index in [-0.39, 0.29) is 5.41 Å². The number of fused-ring (bicyclic) bond motifs is 1. The second-order valence-corrected chi connectivity index (χ2v) is 10.4. The summed E-state index contributed by atoms with van der Waals surface area (Å²) in [5.41, 5.74) is 2.41. The summed E-state index contributed by atoms with van der Waals surface area (Å²) < 4.78 is 16.9. The Hall–Kier alpha value is -2.83. The van der Waals surface area contributed by atoms with Gasteiger partial charge in [-0.05, 0) is 58.0 Å². The lowest BCUT2D eigenvalue weighted by Gasteiger charge is -2.37. The molecule has 2 aromatic carbocycles. The lowest BCUT2D eigenvalue weighted by atomic mass is 9.90. The van der Waals surface area contributed by atoms with Crippen LogP contribution in [0.1, 0.15) is 44.4 Å². The van der Waals surface area contributed by atoms with Crippen LogP contribution in [0.2, 0.25) is 5.02 Å².